The van der Waals surface area contributed by atoms with Crippen LogP contribution in [0.15, 0.2) is 12.1 Å². The second-order valence-electron chi connectivity index (χ2n) is 3.96. The van der Waals surface area contributed by atoms with Gasteiger partial charge in [0, 0.05) is 13.1 Å². The summed E-state index contributed by atoms with van der Waals surface area (Å²) in [6.07, 6.45) is 0. The molecule has 0 bridgehead atoms. The van der Waals surface area contributed by atoms with E-state index in [0.717, 1.165) is 31.1 Å². The minimum absolute atomic E-state index is 0.666. The van der Waals surface area contributed by atoms with Crippen molar-refractivity contribution in [3.8, 4) is 0 Å². The zero-order chi connectivity index (χ0) is 11.1. The molecular formula is C11H20N4. The third-order valence-corrected chi connectivity index (χ3v) is 1.94. The Hall–Kier alpha value is -1.16. The molecule has 1 rings (SSSR count). The number of nitrogens with one attached hydrogen (secondary N) is 2. The molecule has 4 heteroatoms. The molecule has 0 amide bonds. The average molecular weight is 208 g/mol. The van der Waals surface area contributed by atoms with Crippen LogP contribution in [-0.2, 0) is 6.54 Å². The van der Waals surface area contributed by atoms with E-state index >= 15 is 0 Å². The predicted molar refractivity (Wildman–Crippen MR) is 62.7 cm³/mol. The fourth-order valence-electron chi connectivity index (χ4n) is 1.22. The zero-order valence-corrected chi connectivity index (χ0v) is 9.75. The van der Waals surface area contributed by atoms with E-state index in [4.69, 9.17) is 0 Å². The first-order valence-corrected chi connectivity index (χ1v) is 5.49. The monoisotopic (exact) mass is 208 g/mol. The van der Waals surface area contributed by atoms with Crippen molar-refractivity contribution < 1.29 is 0 Å². The maximum Gasteiger partial charge on any atom is 0.148 e. The minimum Gasteiger partial charge on any atom is -0.369 e. The standard InChI is InChI=1S/C11H20N4/c1-4-13-11-6-5-10(14-15-11)8-12-7-9(2)3/h5-6,9,12H,4,7-8H2,1-3H3,(H,13,15). The Morgan fingerprint density at radius 2 is 2.07 bits per heavy atom. The summed E-state index contributed by atoms with van der Waals surface area (Å²) < 4.78 is 0. The van der Waals surface area contributed by atoms with Gasteiger partial charge in [0.2, 0.25) is 0 Å². The lowest BCUT2D eigenvalue weighted by Crippen LogP contribution is -2.19. The number of rotatable bonds is 6. The van der Waals surface area contributed by atoms with Gasteiger partial charge in [-0.3, -0.25) is 0 Å². The van der Waals surface area contributed by atoms with Crippen LogP contribution < -0.4 is 10.6 Å². The summed E-state index contributed by atoms with van der Waals surface area (Å²) in [5.41, 5.74) is 0.984. The van der Waals surface area contributed by atoms with E-state index in [2.05, 4.69) is 34.7 Å². The molecule has 84 valence electrons. The Morgan fingerprint density at radius 3 is 2.60 bits per heavy atom. The molecule has 1 aromatic rings. The molecule has 4 nitrogen and oxygen atoms in total. The highest BCUT2D eigenvalue weighted by Crippen LogP contribution is 2.01. The Kier molecular flexibility index (Phi) is 5.04. The number of hydrogen-bond acceptors (Lipinski definition) is 4. The van der Waals surface area contributed by atoms with E-state index in [-0.39, 0.29) is 0 Å². The van der Waals surface area contributed by atoms with Gasteiger partial charge in [-0.1, -0.05) is 13.8 Å². The van der Waals surface area contributed by atoms with Crippen LogP contribution in [-0.4, -0.2) is 23.3 Å². The van der Waals surface area contributed by atoms with Crippen molar-refractivity contribution in [2.24, 2.45) is 5.92 Å². The largest absolute Gasteiger partial charge is 0.369 e. The van der Waals surface area contributed by atoms with Crippen molar-refractivity contribution in [3.63, 3.8) is 0 Å². The van der Waals surface area contributed by atoms with Gasteiger partial charge in [0.1, 0.15) is 5.82 Å². The van der Waals surface area contributed by atoms with Crippen LogP contribution in [0.5, 0.6) is 0 Å². The molecule has 2 N–H and O–H groups in total. The Balaban J connectivity index is 2.36. The highest BCUT2D eigenvalue weighted by Gasteiger charge is 1.97. The normalized spacial score (nSPS) is 10.7. The molecule has 0 unspecified atom stereocenters. The Labute approximate surface area is 91.5 Å². The third kappa shape index (κ3) is 4.74. The topological polar surface area (TPSA) is 49.8 Å². The lowest BCUT2D eigenvalue weighted by Gasteiger charge is -2.06. The van der Waals surface area contributed by atoms with Gasteiger partial charge in [-0.15, -0.1) is 5.10 Å². The third-order valence-electron chi connectivity index (χ3n) is 1.94. The summed E-state index contributed by atoms with van der Waals surface area (Å²) in [6, 6.07) is 3.96. The molecule has 0 radical (unpaired) electrons. The van der Waals surface area contributed by atoms with Crippen molar-refractivity contribution in [2.45, 2.75) is 27.3 Å². The summed E-state index contributed by atoms with van der Waals surface area (Å²) in [5, 5.41) is 14.6. The van der Waals surface area contributed by atoms with Gasteiger partial charge in [0.05, 0.1) is 5.69 Å². The molecule has 0 atom stereocenters. The molecule has 0 aliphatic carbocycles. The highest BCUT2D eigenvalue weighted by atomic mass is 15.2. The van der Waals surface area contributed by atoms with E-state index in [1.807, 2.05) is 19.1 Å². The fraction of sp³-hybridized carbons (Fsp3) is 0.636. The molecule has 15 heavy (non-hydrogen) atoms. The van der Waals surface area contributed by atoms with Gasteiger partial charge in [-0.05, 0) is 31.5 Å². The quantitative estimate of drug-likeness (QED) is 0.746. The maximum absolute atomic E-state index is 4.12. The van der Waals surface area contributed by atoms with Crippen LogP contribution in [0.3, 0.4) is 0 Å². The Morgan fingerprint density at radius 1 is 1.27 bits per heavy atom. The number of anilines is 1. The predicted octanol–water partition coefficient (Wildman–Crippen LogP) is 1.65. The molecule has 0 fully saturated rings. The highest BCUT2D eigenvalue weighted by molar-refractivity contribution is 5.32. The molecule has 1 heterocycles. The van der Waals surface area contributed by atoms with Crippen LogP contribution in [0.1, 0.15) is 26.5 Å². The Bertz CT molecular complexity index is 268. The first kappa shape index (κ1) is 11.9. The number of nitrogens with zero attached hydrogens (tertiary/aromatic N) is 2. The molecule has 0 spiro atoms. The zero-order valence-electron chi connectivity index (χ0n) is 9.75. The lowest BCUT2D eigenvalue weighted by molar-refractivity contribution is 0.546. The minimum atomic E-state index is 0.666. The average Bonchev–Trinajstić information content (AvgIpc) is 2.20. The van der Waals surface area contributed by atoms with Crippen molar-refractivity contribution >= 4 is 5.82 Å². The van der Waals surface area contributed by atoms with Crippen molar-refractivity contribution in [3.05, 3.63) is 17.8 Å². The summed E-state index contributed by atoms with van der Waals surface area (Å²) >= 11 is 0. The van der Waals surface area contributed by atoms with Crippen molar-refractivity contribution in [1.82, 2.24) is 15.5 Å². The molecule has 1 aromatic heterocycles. The summed E-state index contributed by atoms with van der Waals surface area (Å²) in [6.45, 7) is 9.09. The van der Waals surface area contributed by atoms with Gasteiger partial charge in [0.25, 0.3) is 0 Å². The molecule has 0 aliphatic rings. The van der Waals surface area contributed by atoms with Gasteiger partial charge >= 0.3 is 0 Å². The number of hydrogen-bond donors (Lipinski definition) is 2. The molecule has 0 aliphatic heterocycles. The molecular weight excluding hydrogens is 188 g/mol. The van der Waals surface area contributed by atoms with Crippen LogP contribution in [0, 0.1) is 5.92 Å². The van der Waals surface area contributed by atoms with E-state index in [1.165, 1.54) is 0 Å². The second kappa shape index (κ2) is 6.35. The summed E-state index contributed by atoms with van der Waals surface area (Å²) in [4.78, 5) is 0. The molecule has 0 saturated heterocycles. The second-order valence-corrected chi connectivity index (χ2v) is 3.96. The molecule has 0 saturated carbocycles. The van der Waals surface area contributed by atoms with Crippen LogP contribution in [0.2, 0.25) is 0 Å². The van der Waals surface area contributed by atoms with Crippen molar-refractivity contribution in [1.29, 1.82) is 0 Å². The maximum atomic E-state index is 4.12. The first-order valence-electron chi connectivity index (χ1n) is 5.49. The van der Waals surface area contributed by atoms with E-state index in [1.54, 1.807) is 0 Å². The van der Waals surface area contributed by atoms with Crippen LogP contribution >= 0.6 is 0 Å². The smallest absolute Gasteiger partial charge is 0.148 e. The van der Waals surface area contributed by atoms with Crippen LogP contribution in [0.4, 0.5) is 5.82 Å². The van der Waals surface area contributed by atoms with Gasteiger partial charge in [-0.25, -0.2) is 0 Å². The van der Waals surface area contributed by atoms with Crippen LogP contribution in [0.25, 0.3) is 0 Å². The molecule has 0 aromatic carbocycles. The van der Waals surface area contributed by atoms with Gasteiger partial charge in [-0.2, -0.15) is 5.10 Å². The lowest BCUT2D eigenvalue weighted by atomic mass is 10.2. The number of aromatic nitrogens is 2. The van der Waals surface area contributed by atoms with Crippen molar-refractivity contribution in [2.75, 3.05) is 18.4 Å². The van der Waals surface area contributed by atoms with E-state index < -0.39 is 0 Å². The fourth-order valence-corrected chi connectivity index (χ4v) is 1.22. The summed E-state index contributed by atoms with van der Waals surface area (Å²) in [7, 11) is 0. The van der Waals surface area contributed by atoms with Gasteiger partial charge < -0.3 is 10.6 Å². The summed E-state index contributed by atoms with van der Waals surface area (Å²) in [5.74, 6) is 1.50. The van der Waals surface area contributed by atoms with E-state index in [0.29, 0.717) is 5.92 Å². The van der Waals surface area contributed by atoms with E-state index in [9.17, 15) is 0 Å². The first-order chi connectivity index (χ1) is 7.22. The van der Waals surface area contributed by atoms with Gasteiger partial charge in [0.15, 0.2) is 0 Å². The SMILES string of the molecule is CCNc1ccc(CNCC(C)C)nn1.